The Bertz CT molecular complexity index is 540. The molecule has 3 rings (SSSR count). The van der Waals surface area contributed by atoms with Gasteiger partial charge >= 0.3 is 0 Å². The van der Waals surface area contributed by atoms with Crippen LogP contribution in [-0.4, -0.2) is 30.4 Å². The third-order valence-electron chi connectivity index (χ3n) is 5.44. The van der Waals surface area contributed by atoms with Crippen molar-refractivity contribution in [2.45, 2.75) is 52.0 Å². The normalized spacial score (nSPS) is 24.9. The number of nitrogens with one attached hydrogen (secondary N) is 1. The van der Waals surface area contributed by atoms with Crippen molar-refractivity contribution in [1.29, 1.82) is 0 Å². The molecule has 2 aliphatic heterocycles. The van der Waals surface area contributed by atoms with Crippen molar-refractivity contribution < 1.29 is 4.79 Å². The van der Waals surface area contributed by atoms with E-state index in [-0.39, 0.29) is 24.4 Å². The zero-order chi connectivity index (χ0) is 15.5. The molecule has 1 aromatic carbocycles. The van der Waals surface area contributed by atoms with E-state index in [2.05, 4.69) is 42.3 Å². The summed E-state index contributed by atoms with van der Waals surface area (Å²) in [6.45, 7) is 7.20. The molecule has 2 unspecified atom stereocenters. The Morgan fingerprint density at radius 3 is 2.74 bits per heavy atom. The highest BCUT2D eigenvalue weighted by Gasteiger charge is 2.33. The van der Waals surface area contributed by atoms with Crippen LogP contribution >= 0.6 is 12.4 Å². The number of carbonyl (C=O) groups is 1. The quantitative estimate of drug-likeness (QED) is 0.891. The van der Waals surface area contributed by atoms with Crippen LogP contribution in [0.4, 0.5) is 0 Å². The summed E-state index contributed by atoms with van der Waals surface area (Å²) in [5, 5.41) is 3.38. The minimum Gasteiger partial charge on any atom is -0.335 e. The van der Waals surface area contributed by atoms with E-state index < -0.39 is 0 Å². The second kappa shape index (κ2) is 8.16. The molecule has 1 aromatic rings. The number of hydrogen-bond acceptors (Lipinski definition) is 2. The molecule has 2 aliphatic rings. The largest absolute Gasteiger partial charge is 0.335 e. The number of hydrogen-bond donors (Lipinski definition) is 1. The topological polar surface area (TPSA) is 32.3 Å². The lowest BCUT2D eigenvalue weighted by Gasteiger charge is -2.39. The highest BCUT2D eigenvalue weighted by atomic mass is 35.5. The molecule has 0 radical (unpaired) electrons. The van der Waals surface area contributed by atoms with Crippen LogP contribution in [0.1, 0.15) is 54.8 Å². The average molecular weight is 337 g/mol. The molecule has 4 heteroatoms. The Kier molecular flexibility index (Phi) is 6.49. The van der Waals surface area contributed by atoms with Gasteiger partial charge in [0, 0.05) is 13.1 Å². The van der Waals surface area contributed by atoms with Gasteiger partial charge in [0.25, 0.3) is 0 Å². The van der Waals surface area contributed by atoms with Crippen molar-refractivity contribution in [2.24, 2.45) is 5.92 Å². The predicted octanol–water partition coefficient (Wildman–Crippen LogP) is 3.78. The fourth-order valence-corrected chi connectivity index (χ4v) is 3.95. The molecule has 0 aromatic heterocycles. The minimum absolute atomic E-state index is 0. The molecule has 2 heterocycles. The summed E-state index contributed by atoms with van der Waals surface area (Å²) in [4.78, 5) is 15.2. The monoisotopic (exact) mass is 336 g/mol. The summed E-state index contributed by atoms with van der Waals surface area (Å²) in [5.74, 6) is 0.553. The summed E-state index contributed by atoms with van der Waals surface area (Å²) in [7, 11) is 0. The molecule has 2 fully saturated rings. The van der Waals surface area contributed by atoms with Crippen LogP contribution < -0.4 is 5.32 Å². The maximum atomic E-state index is 13.0. The Labute approximate surface area is 146 Å². The standard InChI is InChI=1S/C19H28N2O.ClH/c1-14-7-5-9-17(15(14)2)18-10-3-4-12-21(18)19(22)16-8-6-11-20-13-16;/h5,7,9,16,18,20H,3-4,6,8,10-13H2,1-2H3;1H. The molecule has 0 bridgehead atoms. The van der Waals surface area contributed by atoms with Crippen molar-refractivity contribution in [3.05, 3.63) is 34.9 Å². The number of halogens is 1. The van der Waals surface area contributed by atoms with Gasteiger partial charge in [-0.25, -0.2) is 0 Å². The Morgan fingerprint density at radius 2 is 2.00 bits per heavy atom. The first-order valence-corrected chi connectivity index (χ1v) is 8.76. The molecule has 2 saturated heterocycles. The Balaban J connectivity index is 0.00000192. The molecule has 1 N–H and O–H groups in total. The molecule has 23 heavy (non-hydrogen) atoms. The van der Waals surface area contributed by atoms with Gasteiger partial charge in [0.1, 0.15) is 0 Å². The average Bonchev–Trinajstić information content (AvgIpc) is 2.57. The van der Waals surface area contributed by atoms with Gasteiger partial charge in [0.05, 0.1) is 12.0 Å². The van der Waals surface area contributed by atoms with Crippen LogP contribution in [-0.2, 0) is 4.79 Å². The SMILES string of the molecule is Cc1cccc(C2CCCCN2C(=O)C2CCCNC2)c1C.Cl. The Morgan fingerprint density at radius 1 is 1.17 bits per heavy atom. The van der Waals surface area contributed by atoms with E-state index in [1.54, 1.807) is 0 Å². The van der Waals surface area contributed by atoms with Crippen LogP contribution in [0, 0.1) is 19.8 Å². The first kappa shape index (κ1) is 18.3. The molecule has 1 amide bonds. The van der Waals surface area contributed by atoms with E-state index in [1.807, 2.05) is 0 Å². The molecule has 2 atom stereocenters. The van der Waals surface area contributed by atoms with E-state index in [4.69, 9.17) is 0 Å². The fraction of sp³-hybridized carbons (Fsp3) is 0.632. The van der Waals surface area contributed by atoms with Gasteiger partial charge in [-0.2, -0.15) is 0 Å². The molecule has 0 saturated carbocycles. The number of carbonyl (C=O) groups excluding carboxylic acids is 1. The number of likely N-dealkylation sites (tertiary alicyclic amines) is 1. The lowest BCUT2D eigenvalue weighted by Crippen LogP contribution is -2.46. The maximum Gasteiger partial charge on any atom is 0.227 e. The molecule has 0 spiro atoms. The summed E-state index contributed by atoms with van der Waals surface area (Å²) >= 11 is 0. The van der Waals surface area contributed by atoms with Gasteiger partial charge in [0.2, 0.25) is 5.91 Å². The zero-order valence-corrected chi connectivity index (χ0v) is 15.1. The number of aryl methyl sites for hydroxylation is 1. The molecular weight excluding hydrogens is 308 g/mol. The number of nitrogens with zero attached hydrogens (tertiary/aromatic N) is 1. The molecule has 0 aliphatic carbocycles. The molecule has 128 valence electrons. The van der Waals surface area contributed by atoms with Crippen molar-refractivity contribution in [3.63, 3.8) is 0 Å². The van der Waals surface area contributed by atoms with Gasteiger partial charge in [-0.3, -0.25) is 4.79 Å². The highest BCUT2D eigenvalue weighted by Crippen LogP contribution is 2.35. The van der Waals surface area contributed by atoms with Crippen molar-refractivity contribution in [3.8, 4) is 0 Å². The van der Waals surface area contributed by atoms with Crippen LogP contribution in [0.3, 0.4) is 0 Å². The lowest BCUT2D eigenvalue weighted by molar-refractivity contribution is -0.140. The van der Waals surface area contributed by atoms with Crippen molar-refractivity contribution >= 4 is 18.3 Å². The minimum atomic E-state index is 0. The van der Waals surface area contributed by atoms with Crippen LogP contribution in [0.15, 0.2) is 18.2 Å². The summed E-state index contributed by atoms with van der Waals surface area (Å²) in [6, 6.07) is 6.80. The number of rotatable bonds is 2. The van der Waals surface area contributed by atoms with Gasteiger partial charge in [-0.15, -0.1) is 12.4 Å². The van der Waals surface area contributed by atoms with Gasteiger partial charge in [0.15, 0.2) is 0 Å². The maximum absolute atomic E-state index is 13.0. The smallest absolute Gasteiger partial charge is 0.227 e. The van der Waals surface area contributed by atoms with Gasteiger partial charge in [-0.1, -0.05) is 18.2 Å². The van der Waals surface area contributed by atoms with E-state index in [0.717, 1.165) is 45.3 Å². The number of benzene rings is 1. The third kappa shape index (κ3) is 3.89. The lowest BCUT2D eigenvalue weighted by atomic mass is 9.88. The van der Waals surface area contributed by atoms with E-state index in [0.29, 0.717) is 5.91 Å². The van der Waals surface area contributed by atoms with Crippen molar-refractivity contribution in [1.82, 2.24) is 10.2 Å². The first-order chi connectivity index (χ1) is 10.7. The molecular formula is C19H29ClN2O. The fourth-order valence-electron chi connectivity index (χ4n) is 3.95. The second-order valence-electron chi connectivity index (χ2n) is 6.88. The second-order valence-corrected chi connectivity index (χ2v) is 6.88. The van der Waals surface area contributed by atoms with Gasteiger partial charge in [-0.05, 0) is 69.2 Å². The predicted molar refractivity (Wildman–Crippen MR) is 97.1 cm³/mol. The van der Waals surface area contributed by atoms with Crippen molar-refractivity contribution in [2.75, 3.05) is 19.6 Å². The van der Waals surface area contributed by atoms with Crippen LogP contribution in [0.5, 0.6) is 0 Å². The van der Waals surface area contributed by atoms with Gasteiger partial charge < -0.3 is 10.2 Å². The number of amides is 1. The summed E-state index contributed by atoms with van der Waals surface area (Å²) in [5.41, 5.74) is 4.04. The van der Waals surface area contributed by atoms with E-state index in [9.17, 15) is 4.79 Å². The zero-order valence-electron chi connectivity index (χ0n) is 14.3. The molecule has 3 nitrogen and oxygen atoms in total. The van der Waals surface area contributed by atoms with E-state index >= 15 is 0 Å². The summed E-state index contributed by atoms with van der Waals surface area (Å²) < 4.78 is 0. The van der Waals surface area contributed by atoms with E-state index in [1.165, 1.54) is 23.1 Å². The van der Waals surface area contributed by atoms with Crippen LogP contribution in [0.25, 0.3) is 0 Å². The highest BCUT2D eigenvalue weighted by molar-refractivity contribution is 5.85. The first-order valence-electron chi connectivity index (χ1n) is 8.76. The third-order valence-corrected chi connectivity index (χ3v) is 5.44. The number of piperidine rings is 2. The summed E-state index contributed by atoms with van der Waals surface area (Å²) in [6.07, 6.45) is 5.65. The van der Waals surface area contributed by atoms with Crippen LogP contribution in [0.2, 0.25) is 0 Å². The Hall–Kier alpha value is -1.06.